The molecular formula is C14H18FNO. The van der Waals surface area contributed by atoms with Gasteiger partial charge in [-0.25, -0.2) is 4.39 Å². The van der Waals surface area contributed by atoms with Crippen LogP contribution in [-0.4, -0.2) is 23.4 Å². The molecule has 1 unspecified atom stereocenters. The van der Waals surface area contributed by atoms with Gasteiger partial charge in [0.25, 0.3) is 0 Å². The first-order chi connectivity index (χ1) is 8.16. The minimum absolute atomic E-state index is 0.222. The second kappa shape index (κ2) is 5.30. The molecule has 1 amide bonds. The molecule has 17 heavy (non-hydrogen) atoms. The molecule has 0 N–H and O–H groups in total. The largest absolute Gasteiger partial charge is 0.340 e. The lowest BCUT2D eigenvalue weighted by molar-refractivity contribution is -0.131. The molecule has 1 heterocycles. The monoisotopic (exact) mass is 235 g/mol. The zero-order valence-electron chi connectivity index (χ0n) is 10.2. The second-order valence-electron chi connectivity index (χ2n) is 4.70. The summed E-state index contributed by atoms with van der Waals surface area (Å²) in [6.07, 6.45) is 3.45. The molecule has 92 valence electrons. The zero-order valence-corrected chi connectivity index (χ0v) is 10.2. The molecule has 0 aliphatic carbocycles. The van der Waals surface area contributed by atoms with Crippen molar-refractivity contribution in [3.05, 3.63) is 35.6 Å². The minimum atomic E-state index is -0.228. The third-order valence-corrected chi connectivity index (χ3v) is 3.41. The van der Waals surface area contributed by atoms with Gasteiger partial charge in [-0.3, -0.25) is 4.79 Å². The van der Waals surface area contributed by atoms with E-state index in [0.717, 1.165) is 24.9 Å². The van der Waals surface area contributed by atoms with Crippen molar-refractivity contribution in [3.63, 3.8) is 0 Å². The molecule has 0 saturated carbocycles. The first-order valence-corrected chi connectivity index (χ1v) is 6.21. The van der Waals surface area contributed by atoms with Crippen LogP contribution in [0, 0.1) is 5.82 Å². The summed E-state index contributed by atoms with van der Waals surface area (Å²) >= 11 is 0. The van der Waals surface area contributed by atoms with Crippen LogP contribution in [0.25, 0.3) is 0 Å². The van der Waals surface area contributed by atoms with Gasteiger partial charge in [-0.15, -0.1) is 0 Å². The van der Waals surface area contributed by atoms with E-state index in [1.165, 1.54) is 12.1 Å². The summed E-state index contributed by atoms with van der Waals surface area (Å²) in [5.74, 6) is -0.00688. The maximum absolute atomic E-state index is 12.7. The standard InChI is InChI=1S/C14H18FNO/c1-11-3-2-10-16(11)14(17)9-6-12-4-7-13(15)8-5-12/h4-5,7-8,11H,2-3,6,9-10H2,1H3. The fraction of sp³-hybridized carbons (Fsp3) is 0.500. The lowest BCUT2D eigenvalue weighted by Crippen LogP contribution is -2.33. The zero-order chi connectivity index (χ0) is 12.3. The molecule has 0 spiro atoms. The van der Waals surface area contributed by atoms with Crippen LogP contribution in [0.1, 0.15) is 31.7 Å². The SMILES string of the molecule is CC1CCCN1C(=O)CCc1ccc(F)cc1. The molecule has 1 fully saturated rings. The molecule has 0 aromatic heterocycles. The van der Waals surface area contributed by atoms with Crippen molar-refractivity contribution in [1.29, 1.82) is 0 Å². The third kappa shape index (κ3) is 3.05. The molecule has 0 bridgehead atoms. The number of nitrogens with zero attached hydrogens (tertiary/aromatic N) is 1. The van der Waals surface area contributed by atoms with Crippen molar-refractivity contribution in [1.82, 2.24) is 4.90 Å². The Labute approximate surface area is 101 Å². The number of carbonyl (C=O) groups is 1. The molecule has 2 rings (SSSR count). The van der Waals surface area contributed by atoms with Gasteiger partial charge in [0, 0.05) is 19.0 Å². The second-order valence-corrected chi connectivity index (χ2v) is 4.70. The Hall–Kier alpha value is -1.38. The summed E-state index contributed by atoms with van der Waals surface area (Å²) in [5.41, 5.74) is 1.02. The first kappa shape index (κ1) is 12.1. The van der Waals surface area contributed by atoms with Gasteiger partial charge in [0.05, 0.1) is 0 Å². The number of likely N-dealkylation sites (tertiary alicyclic amines) is 1. The van der Waals surface area contributed by atoms with Crippen molar-refractivity contribution in [2.45, 2.75) is 38.6 Å². The number of benzene rings is 1. The Bertz CT molecular complexity index is 388. The van der Waals surface area contributed by atoms with Crippen LogP contribution in [0.15, 0.2) is 24.3 Å². The number of halogens is 1. The van der Waals surface area contributed by atoms with Gasteiger partial charge in [-0.05, 0) is 43.9 Å². The molecule has 3 heteroatoms. The number of rotatable bonds is 3. The van der Waals surface area contributed by atoms with E-state index in [0.29, 0.717) is 18.9 Å². The summed E-state index contributed by atoms with van der Waals surface area (Å²) in [7, 11) is 0. The highest BCUT2D eigenvalue weighted by molar-refractivity contribution is 5.77. The third-order valence-electron chi connectivity index (χ3n) is 3.41. The van der Waals surface area contributed by atoms with E-state index in [4.69, 9.17) is 0 Å². The number of carbonyl (C=O) groups excluding carboxylic acids is 1. The van der Waals surface area contributed by atoms with Crippen molar-refractivity contribution < 1.29 is 9.18 Å². The first-order valence-electron chi connectivity index (χ1n) is 6.21. The van der Waals surface area contributed by atoms with E-state index in [1.54, 1.807) is 12.1 Å². The van der Waals surface area contributed by atoms with E-state index < -0.39 is 0 Å². The van der Waals surface area contributed by atoms with Crippen LogP contribution in [0.2, 0.25) is 0 Å². The van der Waals surface area contributed by atoms with Gasteiger partial charge >= 0.3 is 0 Å². The quantitative estimate of drug-likeness (QED) is 0.789. The van der Waals surface area contributed by atoms with Crippen LogP contribution in [0.3, 0.4) is 0 Å². The normalized spacial score (nSPS) is 19.6. The molecule has 1 aliphatic rings. The maximum atomic E-state index is 12.7. The highest BCUT2D eigenvalue weighted by atomic mass is 19.1. The predicted molar refractivity (Wildman–Crippen MR) is 65.1 cm³/mol. The lowest BCUT2D eigenvalue weighted by Gasteiger charge is -2.21. The van der Waals surface area contributed by atoms with Crippen LogP contribution in [-0.2, 0) is 11.2 Å². The summed E-state index contributed by atoms with van der Waals surface area (Å²) in [5, 5.41) is 0. The Morgan fingerprint density at radius 1 is 1.41 bits per heavy atom. The maximum Gasteiger partial charge on any atom is 0.223 e. The van der Waals surface area contributed by atoms with E-state index in [-0.39, 0.29) is 11.7 Å². The summed E-state index contributed by atoms with van der Waals surface area (Å²) in [4.78, 5) is 13.9. The molecule has 1 aromatic rings. The summed E-state index contributed by atoms with van der Waals surface area (Å²) in [6, 6.07) is 6.76. The summed E-state index contributed by atoms with van der Waals surface area (Å²) in [6.45, 7) is 2.99. The van der Waals surface area contributed by atoms with Crippen LogP contribution >= 0.6 is 0 Å². The smallest absolute Gasteiger partial charge is 0.223 e. The number of hydrogen-bond donors (Lipinski definition) is 0. The van der Waals surface area contributed by atoms with Crippen molar-refractivity contribution in [2.75, 3.05) is 6.54 Å². The van der Waals surface area contributed by atoms with Crippen LogP contribution in [0.5, 0.6) is 0 Å². The van der Waals surface area contributed by atoms with Gasteiger partial charge in [-0.2, -0.15) is 0 Å². The number of hydrogen-bond acceptors (Lipinski definition) is 1. The average Bonchev–Trinajstić information content (AvgIpc) is 2.74. The Kier molecular flexibility index (Phi) is 3.77. The van der Waals surface area contributed by atoms with Crippen LogP contribution < -0.4 is 0 Å². The Morgan fingerprint density at radius 2 is 2.12 bits per heavy atom. The molecule has 2 nitrogen and oxygen atoms in total. The van der Waals surface area contributed by atoms with Gasteiger partial charge < -0.3 is 4.90 Å². The topological polar surface area (TPSA) is 20.3 Å². The Balaban J connectivity index is 1.85. The van der Waals surface area contributed by atoms with Gasteiger partial charge in [0.15, 0.2) is 0 Å². The van der Waals surface area contributed by atoms with Crippen molar-refractivity contribution >= 4 is 5.91 Å². The molecular weight excluding hydrogens is 217 g/mol. The fourth-order valence-corrected chi connectivity index (χ4v) is 2.35. The Morgan fingerprint density at radius 3 is 2.71 bits per heavy atom. The molecule has 1 atom stereocenters. The highest BCUT2D eigenvalue weighted by Crippen LogP contribution is 2.18. The number of amides is 1. The molecule has 1 aliphatic heterocycles. The lowest BCUT2D eigenvalue weighted by atomic mass is 10.1. The van der Waals surface area contributed by atoms with E-state index in [9.17, 15) is 9.18 Å². The summed E-state index contributed by atoms with van der Waals surface area (Å²) < 4.78 is 12.7. The van der Waals surface area contributed by atoms with Crippen molar-refractivity contribution in [3.8, 4) is 0 Å². The van der Waals surface area contributed by atoms with E-state index in [1.807, 2.05) is 4.90 Å². The number of aryl methyl sites for hydroxylation is 1. The molecule has 1 aromatic carbocycles. The highest BCUT2D eigenvalue weighted by Gasteiger charge is 2.24. The van der Waals surface area contributed by atoms with Gasteiger partial charge in [0.2, 0.25) is 5.91 Å². The predicted octanol–water partition coefficient (Wildman–Crippen LogP) is 2.77. The van der Waals surface area contributed by atoms with Gasteiger partial charge in [0.1, 0.15) is 5.82 Å². The van der Waals surface area contributed by atoms with Gasteiger partial charge in [-0.1, -0.05) is 12.1 Å². The van der Waals surface area contributed by atoms with Crippen molar-refractivity contribution in [2.24, 2.45) is 0 Å². The average molecular weight is 235 g/mol. The molecule has 0 radical (unpaired) electrons. The fourth-order valence-electron chi connectivity index (χ4n) is 2.35. The minimum Gasteiger partial charge on any atom is -0.340 e. The van der Waals surface area contributed by atoms with Crippen LogP contribution in [0.4, 0.5) is 4.39 Å². The van der Waals surface area contributed by atoms with E-state index >= 15 is 0 Å². The van der Waals surface area contributed by atoms with E-state index in [2.05, 4.69) is 6.92 Å². The molecule has 1 saturated heterocycles.